The number of hydrogen-bond donors (Lipinski definition) is 1. The van der Waals surface area contributed by atoms with Crippen LogP contribution in [0.1, 0.15) is 32.9 Å². The number of amides is 1. The molecule has 0 saturated heterocycles. The average molecular weight is 413 g/mol. The molecule has 1 amide bonds. The van der Waals surface area contributed by atoms with Gasteiger partial charge in [0.2, 0.25) is 0 Å². The van der Waals surface area contributed by atoms with E-state index in [0.717, 1.165) is 28.2 Å². The van der Waals surface area contributed by atoms with Gasteiger partial charge in [-0.05, 0) is 74.4 Å². The standard InChI is InChI=1S/C25H23N3O3/c1-16-7-5-9-22(11-16)27-24(29)21(15-26)13-20-12-17(2)28(18(20)3)23-10-6-8-19(14-23)25(30)31-4/h5-14H,1-4H3,(H,27,29)/b21-13-. The van der Waals surface area contributed by atoms with Crippen LogP contribution in [0, 0.1) is 32.1 Å². The third-order valence-corrected chi connectivity index (χ3v) is 4.94. The topological polar surface area (TPSA) is 84.1 Å². The Bertz CT molecular complexity index is 1230. The first-order chi connectivity index (χ1) is 14.8. The van der Waals surface area contributed by atoms with Gasteiger partial charge < -0.3 is 14.6 Å². The number of nitriles is 1. The highest BCUT2D eigenvalue weighted by atomic mass is 16.5. The Kier molecular flexibility index (Phi) is 6.37. The van der Waals surface area contributed by atoms with Crippen LogP contribution in [0.2, 0.25) is 0 Å². The fourth-order valence-electron chi connectivity index (χ4n) is 3.45. The molecule has 0 aliphatic heterocycles. The zero-order valence-electron chi connectivity index (χ0n) is 17.9. The van der Waals surface area contributed by atoms with Gasteiger partial charge in [0.15, 0.2) is 0 Å². The minimum atomic E-state index is -0.467. The van der Waals surface area contributed by atoms with Crippen molar-refractivity contribution in [3.63, 3.8) is 0 Å². The number of anilines is 1. The maximum atomic E-state index is 12.6. The van der Waals surface area contributed by atoms with Crippen LogP contribution in [0.5, 0.6) is 0 Å². The maximum absolute atomic E-state index is 12.6. The van der Waals surface area contributed by atoms with E-state index in [1.165, 1.54) is 7.11 Å². The van der Waals surface area contributed by atoms with Crippen molar-refractivity contribution in [3.05, 3.63) is 88.2 Å². The van der Waals surface area contributed by atoms with Crippen LogP contribution >= 0.6 is 0 Å². The van der Waals surface area contributed by atoms with Crippen molar-refractivity contribution in [1.82, 2.24) is 4.57 Å². The molecule has 3 rings (SSSR count). The molecule has 1 heterocycles. The molecule has 1 aromatic heterocycles. The van der Waals surface area contributed by atoms with Crippen molar-refractivity contribution in [3.8, 4) is 11.8 Å². The largest absolute Gasteiger partial charge is 0.465 e. The van der Waals surface area contributed by atoms with Gasteiger partial charge in [0.25, 0.3) is 5.91 Å². The molecule has 0 atom stereocenters. The Morgan fingerprint density at radius 3 is 2.48 bits per heavy atom. The van der Waals surface area contributed by atoms with E-state index in [2.05, 4.69) is 5.32 Å². The minimum absolute atomic E-state index is 0.00469. The van der Waals surface area contributed by atoms with Crippen molar-refractivity contribution in [2.45, 2.75) is 20.8 Å². The molecule has 0 fully saturated rings. The summed E-state index contributed by atoms with van der Waals surface area (Å²) in [5, 5.41) is 12.3. The Hall–Kier alpha value is -4.11. The second-order valence-corrected chi connectivity index (χ2v) is 7.20. The molecule has 2 aromatic carbocycles. The zero-order chi connectivity index (χ0) is 22.5. The molecule has 0 unspecified atom stereocenters. The van der Waals surface area contributed by atoms with E-state index in [-0.39, 0.29) is 5.57 Å². The minimum Gasteiger partial charge on any atom is -0.465 e. The maximum Gasteiger partial charge on any atom is 0.337 e. The van der Waals surface area contributed by atoms with Crippen LogP contribution in [-0.4, -0.2) is 23.6 Å². The van der Waals surface area contributed by atoms with Gasteiger partial charge in [-0.1, -0.05) is 18.2 Å². The quantitative estimate of drug-likeness (QED) is 0.372. The zero-order valence-corrected chi connectivity index (χ0v) is 17.9. The molecule has 156 valence electrons. The van der Waals surface area contributed by atoms with Crippen molar-refractivity contribution in [1.29, 1.82) is 5.26 Å². The normalized spacial score (nSPS) is 11.0. The SMILES string of the molecule is COC(=O)c1cccc(-n2c(C)cc(/C=C(/C#N)C(=O)Nc3cccc(C)c3)c2C)c1. The van der Waals surface area contributed by atoms with Crippen molar-refractivity contribution >= 4 is 23.6 Å². The van der Waals surface area contributed by atoms with E-state index < -0.39 is 11.9 Å². The number of nitrogens with one attached hydrogen (secondary N) is 1. The molecule has 6 heteroatoms. The second-order valence-electron chi connectivity index (χ2n) is 7.20. The fraction of sp³-hybridized carbons (Fsp3) is 0.160. The molecule has 0 aliphatic carbocycles. The summed E-state index contributed by atoms with van der Waals surface area (Å²) in [4.78, 5) is 24.5. The Morgan fingerprint density at radius 2 is 1.81 bits per heavy atom. The number of aryl methyl sites for hydroxylation is 2. The van der Waals surface area contributed by atoms with E-state index in [9.17, 15) is 14.9 Å². The number of methoxy groups -OCH3 is 1. The molecule has 0 spiro atoms. The third kappa shape index (κ3) is 4.73. The molecule has 3 aromatic rings. The summed E-state index contributed by atoms with van der Waals surface area (Å²) in [6, 6.07) is 18.4. The van der Waals surface area contributed by atoms with E-state index >= 15 is 0 Å². The fourth-order valence-corrected chi connectivity index (χ4v) is 3.45. The average Bonchev–Trinajstić information content (AvgIpc) is 3.04. The number of hydrogen-bond acceptors (Lipinski definition) is 4. The summed E-state index contributed by atoms with van der Waals surface area (Å²) in [6.45, 7) is 5.76. The van der Waals surface area contributed by atoms with Crippen LogP contribution in [-0.2, 0) is 9.53 Å². The molecule has 6 nitrogen and oxygen atoms in total. The molecular formula is C25H23N3O3. The third-order valence-electron chi connectivity index (χ3n) is 4.94. The van der Waals surface area contributed by atoms with Crippen molar-refractivity contribution < 1.29 is 14.3 Å². The van der Waals surface area contributed by atoms with Gasteiger partial charge in [-0.25, -0.2) is 4.79 Å². The molecule has 1 N–H and O–H groups in total. The van der Waals surface area contributed by atoms with Crippen molar-refractivity contribution in [2.75, 3.05) is 12.4 Å². The van der Waals surface area contributed by atoms with Crippen LogP contribution < -0.4 is 5.32 Å². The lowest BCUT2D eigenvalue weighted by Crippen LogP contribution is -2.13. The Labute approximate surface area is 181 Å². The van der Waals surface area contributed by atoms with Crippen LogP contribution in [0.15, 0.2) is 60.2 Å². The number of carbonyl (C=O) groups excluding carboxylic acids is 2. The monoisotopic (exact) mass is 413 g/mol. The summed E-state index contributed by atoms with van der Waals surface area (Å²) in [7, 11) is 1.34. The number of rotatable bonds is 5. The van der Waals surface area contributed by atoms with Crippen LogP contribution in [0.25, 0.3) is 11.8 Å². The van der Waals surface area contributed by atoms with Gasteiger partial charge in [-0.2, -0.15) is 5.26 Å². The summed E-state index contributed by atoms with van der Waals surface area (Å²) >= 11 is 0. The lowest BCUT2D eigenvalue weighted by molar-refractivity contribution is -0.112. The van der Waals surface area contributed by atoms with E-state index in [1.54, 1.807) is 30.3 Å². The first-order valence-electron chi connectivity index (χ1n) is 9.71. The summed E-state index contributed by atoms with van der Waals surface area (Å²) in [5.74, 6) is -0.880. The summed E-state index contributed by atoms with van der Waals surface area (Å²) in [6.07, 6.45) is 1.58. The number of ether oxygens (including phenoxy) is 1. The Morgan fingerprint density at radius 1 is 1.06 bits per heavy atom. The number of benzene rings is 2. The first-order valence-corrected chi connectivity index (χ1v) is 9.71. The van der Waals surface area contributed by atoms with Gasteiger partial charge in [0, 0.05) is 22.8 Å². The lowest BCUT2D eigenvalue weighted by atomic mass is 10.1. The molecule has 0 radical (unpaired) electrons. The molecule has 0 saturated carbocycles. The highest BCUT2D eigenvalue weighted by Crippen LogP contribution is 2.24. The lowest BCUT2D eigenvalue weighted by Gasteiger charge is -2.11. The second kappa shape index (κ2) is 9.14. The summed E-state index contributed by atoms with van der Waals surface area (Å²) < 4.78 is 6.77. The van der Waals surface area contributed by atoms with E-state index in [0.29, 0.717) is 11.3 Å². The number of carbonyl (C=O) groups is 2. The number of aromatic nitrogens is 1. The molecule has 0 bridgehead atoms. The summed E-state index contributed by atoms with van der Waals surface area (Å²) in [5.41, 5.74) is 5.38. The van der Waals surface area contributed by atoms with Crippen LogP contribution in [0.3, 0.4) is 0 Å². The van der Waals surface area contributed by atoms with Gasteiger partial charge in [0.1, 0.15) is 11.6 Å². The first kappa shape index (κ1) is 21.6. The van der Waals surface area contributed by atoms with E-state index in [1.807, 2.05) is 61.7 Å². The molecule has 31 heavy (non-hydrogen) atoms. The highest BCUT2D eigenvalue weighted by Gasteiger charge is 2.15. The highest BCUT2D eigenvalue weighted by molar-refractivity contribution is 6.09. The predicted molar refractivity (Wildman–Crippen MR) is 120 cm³/mol. The Balaban J connectivity index is 1.95. The van der Waals surface area contributed by atoms with Gasteiger partial charge >= 0.3 is 5.97 Å². The number of esters is 1. The predicted octanol–water partition coefficient (Wildman–Crippen LogP) is 4.73. The van der Waals surface area contributed by atoms with Crippen LogP contribution in [0.4, 0.5) is 5.69 Å². The number of nitrogens with zero attached hydrogens (tertiary/aromatic N) is 2. The van der Waals surface area contributed by atoms with Crippen molar-refractivity contribution in [2.24, 2.45) is 0 Å². The van der Waals surface area contributed by atoms with Gasteiger partial charge in [-0.15, -0.1) is 0 Å². The molecular weight excluding hydrogens is 390 g/mol. The van der Waals surface area contributed by atoms with Gasteiger partial charge in [0.05, 0.1) is 12.7 Å². The smallest absolute Gasteiger partial charge is 0.337 e. The van der Waals surface area contributed by atoms with E-state index in [4.69, 9.17) is 4.74 Å². The van der Waals surface area contributed by atoms with Gasteiger partial charge in [-0.3, -0.25) is 4.79 Å². The molecule has 0 aliphatic rings.